The summed E-state index contributed by atoms with van der Waals surface area (Å²) >= 11 is 1.43. The molecule has 0 fully saturated rings. The summed E-state index contributed by atoms with van der Waals surface area (Å²) in [5.74, 6) is 2.84. The van der Waals surface area contributed by atoms with Crippen LogP contribution in [0.1, 0.15) is 11.5 Å². The Morgan fingerprint density at radius 1 is 1.11 bits per heavy atom. The van der Waals surface area contributed by atoms with E-state index in [4.69, 9.17) is 9.15 Å². The highest BCUT2D eigenvalue weighted by atomic mass is 32.2. The number of nitrogens with one attached hydrogen (secondary N) is 1. The molecule has 7 nitrogen and oxygen atoms in total. The average molecular weight is 379 g/mol. The maximum Gasteiger partial charge on any atom is 0.251 e. The molecule has 0 aliphatic heterocycles. The lowest BCUT2D eigenvalue weighted by Crippen LogP contribution is -1.87. The van der Waals surface area contributed by atoms with Crippen molar-refractivity contribution >= 4 is 11.8 Å². The first kappa shape index (κ1) is 17.3. The number of ether oxygens (including phenoxy) is 1. The van der Waals surface area contributed by atoms with E-state index in [0.717, 1.165) is 17.0 Å². The Morgan fingerprint density at radius 2 is 2.00 bits per heavy atom. The number of hydrogen-bond acceptors (Lipinski definition) is 7. The van der Waals surface area contributed by atoms with E-state index in [1.807, 2.05) is 49.4 Å². The molecule has 0 aliphatic carbocycles. The molecule has 2 aromatic carbocycles. The normalized spacial score (nSPS) is 10.9. The highest BCUT2D eigenvalue weighted by Gasteiger charge is 2.14. The molecule has 0 saturated heterocycles. The first-order valence-corrected chi connectivity index (χ1v) is 9.29. The maximum absolute atomic E-state index is 5.75. The Balaban J connectivity index is 1.45. The van der Waals surface area contributed by atoms with Gasteiger partial charge in [0.15, 0.2) is 5.82 Å². The van der Waals surface area contributed by atoms with Crippen molar-refractivity contribution in [1.82, 2.24) is 25.4 Å². The summed E-state index contributed by atoms with van der Waals surface area (Å²) in [5, 5.41) is 16.1. The highest BCUT2D eigenvalue weighted by Crippen LogP contribution is 2.29. The molecule has 0 bridgehead atoms. The molecular weight excluding hydrogens is 362 g/mol. The molecule has 2 aromatic heterocycles. The minimum Gasteiger partial charge on any atom is -0.496 e. The summed E-state index contributed by atoms with van der Waals surface area (Å²) in [4.78, 5) is 4.52. The lowest BCUT2D eigenvalue weighted by molar-refractivity contribution is 0.414. The number of aryl methyl sites for hydroxylation is 1. The monoisotopic (exact) mass is 379 g/mol. The van der Waals surface area contributed by atoms with Crippen LogP contribution in [0.4, 0.5) is 0 Å². The van der Waals surface area contributed by atoms with Gasteiger partial charge in [-0.05, 0) is 25.1 Å². The molecule has 0 amide bonds. The summed E-state index contributed by atoms with van der Waals surface area (Å²) < 4.78 is 11.1. The van der Waals surface area contributed by atoms with Crippen LogP contribution in [-0.4, -0.2) is 32.5 Å². The second-order valence-electron chi connectivity index (χ2n) is 5.83. The first-order valence-electron chi connectivity index (χ1n) is 8.31. The molecule has 0 atom stereocenters. The molecule has 0 unspecified atom stereocenters. The lowest BCUT2D eigenvalue weighted by Gasteiger charge is -2.03. The van der Waals surface area contributed by atoms with Crippen molar-refractivity contribution < 1.29 is 9.15 Å². The minimum absolute atomic E-state index is 0.429. The Kier molecular flexibility index (Phi) is 4.88. The van der Waals surface area contributed by atoms with Crippen molar-refractivity contribution in [3.8, 4) is 28.6 Å². The molecule has 2 heterocycles. The van der Waals surface area contributed by atoms with Crippen LogP contribution in [0.25, 0.3) is 22.8 Å². The van der Waals surface area contributed by atoms with E-state index in [0.29, 0.717) is 28.4 Å². The van der Waals surface area contributed by atoms with Gasteiger partial charge in [-0.1, -0.05) is 47.7 Å². The van der Waals surface area contributed by atoms with E-state index in [-0.39, 0.29) is 0 Å². The molecular formula is C19H17N5O2S. The number of rotatable bonds is 6. The van der Waals surface area contributed by atoms with Gasteiger partial charge in [0.25, 0.3) is 5.89 Å². The molecule has 0 saturated carbocycles. The Morgan fingerprint density at radius 3 is 2.85 bits per heavy atom. The third-order valence-corrected chi connectivity index (χ3v) is 4.72. The van der Waals surface area contributed by atoms with E-state index in [2.05, 4.69) is 31.4 Å². The molecule has 0 radical (unpaired) electrons. The quantitative estimate of drug-likeness (QED) is 0.504. The van der Waals surface area contributed by atoms with Gasteiger partial charge < -0.3 is 9.15 Å². The zero-order valence-electron chi connectivity index (χ0n) is 14.8. The number of thioether (sulfide) groups is 1. The molecule has 0 spiro atoms. The summed E-state index contributed by atoms with van der Waals surface area (Å²) in [6, 6.07) is 15.6. The number of para-hydroxylation sites is 1. The molecule has 4 aromatic rings. The van der Waals surface area contributed by atoms with Gasteiger partial charge in [-0.2, -0.15) is 0 Å². The average Bonchev–Trinajstić information content (AvgIpc) is 3.36. The van der Waals surface area contributed by atoms with Crippen LogP contribution in [-0.2, 0) is 5.75 Å². The first-order chi connectivity index (χ1) is 13.2. The number of aromatic amines is 1. The fourth-order valence-electron chi connectivity index (χ4n) is 2.60. The smallest absolute Gasteiger partial charge is 0.251 e. The van der Waals surface area contributed by atoms with Gasteiger partial charge in [-0.15, -0.1) is 15.3 Å². The maximum atomic E-state index is 5.75. The van der Waals surface area contributed by atoms with Crippen LogP contribution >= 0.6 is 11.8 Å². The highest BCUT2D eigenvalue weighted by molar-refractivity contribution is 7.98. The van der Waals surface area contributed by atoms with Gasteiger partial charge in [-0.25, -0.2) is 4.98 Å². The lowest BCUT2D eigenvalue weighted by atomic mass is 10.1. The van der Waals surface area contributed by atoms with Crippen LogP contribution < -0.4 is 4.74 Å². The standard InChI is InChI=1S/C19H17N5O2S/c1-12-6-5-7-13(10-12)17-20-19(24-22-17)27-11-16-21-23-18(26-16)14-8-3-4-9-15(14)25-2/h3-10H,11H2,1-2H3,(H,20,22,24). The third kappa shape index (κ3) is 3.85. The van der Waals surface area contributed by atoms with E-state index in [1.54, 1.807) is 7.11 Å². The Bertz CT molecular complexity index is 1060. The summed E-state index contributed by atoms with van der Waals surface area (Å²) in [5.41, 5.74) is 2.95. The van der Waals surface area contributed by atoms with Gasteiger partial charge in [0, 0.05) is 5.56 Å². The number of hydrogen-bond donors (Lipinski definition) is 1. The van der Waals surface area contributed by atoms with E-state index >= 15 is 0 Å². The van der Waals surface area contributed by atoms with E-state index in [9.17, 15) is 0 Å². The van der Waals surface area contributed by atoms with Gasteiger partial charge in [0.05, 0.1) is 18.4 Å². The van der Waals surface area contributed by atoms with Crippen LogP contribution in [0.3, 0.4) is 0 Å². The number of aromatic nitrogens is 5. The Hall–Kier alpha value is -3.13. The van der Waals surface area contributed by atoms with Crippen molar-refractivity contribution in [3.63, 3.8) is 0 Å². The Labute approximate surface area is 160 Å². The van der Waals surface area contributed by atoms with Gasteiger partial charge >= 0.3 is 0 Å². The fourth-order valence-corrected chi connectivity index (χ4v) is 3.24. The summed E-state index contributed by atoms with van der Waals surface area (Å²) in [6.45, 7) is 2.05. The van der Waals surface area contributed by atoms with Crippen molar-refractivity contribution in [3.05, 3.63) is 60.0 Å². The third-order valence-electron chi connectivity index (χ3n) is 3.89. The van der Waals surface area contributed by atoms with Crippen molar-refractivity contribution in [1.29, 1.82) is 0 Å². The summed E-state index contributed by atoms with van der Waals surface area (Å²) in [7, 11) is 1.61. The fraction of sp³-hybridized carbons (Fsp3) is 0.158. The summed E-state index contributed by atoms with van der Waals surface area (Å²) in [6.07, 6.45) is 0. The molecule has 0 aliphatic rings. The zero-order valence-corrected chi connectivity index (χ0v) is 15.7. The second kappa shape index (κ2) is 7.63. The zero-order chi connectivity index (χ0) is 18.6. The SMILES string of the molecule is COc1ccccc1-c1nnc(CSc2n[nH]c(-c3cccc(C)c3)n2)o1. The van der Waals surface area contributed by atoms with Crippen LogP contribution in [0.15, 0.2) is 58.1 Å². The second-order valence-corrected chi connectivity index (χ2v) is 6.77. The van der Waals surface area contributed by atoms with Gasteiger partial charge in [-0.3, -0.25) is 5.10 Å². The molecule has 8 heteroatoms. The van der Waals surface area contributed by atoms with Crippen molar-refractivity contribution in [2.45, 2.75) is 17.8 Å². The van der Waals surface area contributed by atoms with E-state index < -0.39 is 0 Å². The van der Waals surface area contributed by atoms with E-state index in [1.165, 1.54) is 17.3 Å². The predicted octanol–water partition coefficient (Wildman–Crippen LogP) is 4.13. The number of methoxy groups -OCH3 is 1. The number of nitrogens with zero attached hydrogens (tertiary/aromatic N) is 4. The molecule has 4 rings (SSSR count). The van der Waals surface area contributed by atoms with Crippen LogP contribution in [0.5, 0.6) is 5.75 Å². The topological polar surface area (TPSA) is 89.7 Å². The van der Waals surface area contributed by atoms with Crippen LogP contribution in [0.2, 0.25) is 0 Å². The van der Waals surface area contributed by atoms with Crippen molar-refractivity contribution in [2.75, 3.05) is 7.11 Å². The molecule has 27 heavy (non-hydrogen) atoms. The van der Waals surface area contributed by atoms with Gasteiger partial charge in [0.2, 0.25) is 11.0 Å². The largest absolute Gasteiger partial charge is 0.496 e. The van der Waals surface area contributed by atoms with Gasteiger partial charge in [0.1, 0.15) is 5.75 Å². The predicted molar refractivity (Wildman–Crippen MR) is 102 cm³/mol. The minimum atomic E-state index is 0.429. The molecule has 1 N–H and O–H groups in total. The molecule has 136 valence electrons. The van der Waals surface area contributed by atoms with Crippen LogP contribution in [0, 0.1) is 6.92 Å². The number of benzene rings is 2. The van der Waals surface area contributed by atoms with Crippen molar-refractivity contribution in [2.24, 2.45) is 0 Å². The number of H-pyrrole nitrogens is 1.